The van der Waals surface area contributed by atoms with Gasteiger partial charge in [-0.05, 0) is 37.5 Å². The molecule has 0 aliphatic carbocycles. The third-order valence-electron chi connectivity index (χ3n) is 3.22. The van der Waals surface area contributed by atoms with Crippen molar-refractivity contribution in [3.05, 3.63) is 38.9 Å². The molecule has 0 aliphatic heterocycles. The van der Waals surface area contributed by atoms with Crippen LogP contribution in [0.5, 0.6) is 0 Å². The van der Waals surface area contributed by atoms with E-state index in [2.05, 4.69) is 20.9 Å². The number of rotatable bonds is 3. The number of hydrogen-bond donors (Lipinski definition) is 2. The molecule has 0 saturated carbocycles. The Balaban J connectivity index is 1.79. The molecule has 11 heteroatoms. The van der Waals surface area contributed by atoms with Crippen LogP contribution in [0.1, 0.15) is 15.5 Å². The topological polar surface area (TPSA) is 71.8 Å². The molecule has 3 aromatic rings. The van der Waals surface area contributed by atoms with Crippen molar-refractivity contribution >= 4 is 79.6 Å². The number of aryl methyl sites for hydroxylation is 1. The van der Waals surface area contributed by atoms with E-state index >= 15 is 0 Å². The van der Waals surface area contributed by atoms with Gasteiger partial charge in [-0.3, -0.25) is 15.5 Å². The molecule has 1 aromatic carbocycles. The van der Waals surface area contributed by atoms with Crippen LogP contribution in [0, 0.1) is 6.92 Å². The minimum absolute atomic E-state index is 0.120. The number of nitrogens with zero attached hydrogens (tertiary/aromatic N) is 3. The van der Waals surface area contributed by atoms with Crippen molar-refractivity contribution in [3.8, 4) is 0 Å². The summed E-state index contributed by atoms with van der Waals surface area (Å²) in [4.78, 5) is 12.9. The van der Waals surface area contributed by atoms with E-state index in [1.165, 1.54) is 23.1 Å². The number of nitrogens with one attached hydrogen (secondary N) is 2. The van der Waals surface area contributed by atoms with Gasteiger partial charge < -0.3 is 0 Å². The maximum atomic E-state index is 12.5. The largest absolute Gasteiger partial charge is 0.297 e. The van der Waals surface area contributed by atoms with E-state index in [0.29, 0.717) is 25.9 Å². The molecule has 0 unspecified atom stereocenters. The fourth-order valence-electron chi connectivity index (χ4n) is 2.08. The molecular weight excluding hydrogens is 421 g/mol. The highest BCUT2D eigenvalue weighted by atomic mass is 35.5. The first kappa shape index (κ1) is 18.4. The fourth-order valence-corrected chi connectivity index (χ4v) is 4.43. The summed E-state index contributed by atoms with van der Waals surface area (Å²) in [5.41, 5.74) is 2.88. The smallest absolute Gasteiger partial charge is 0.269 e. The van der Waals surface area contributed by atoms with Gasteiger partial charge in [-0.2, -0.15) is 0 Å². The lowest BCUT2D eigenvalue weighted by atomic mass is 10.2. The van der Waals surface area contributed by atoms with E-state index in [4.69, 9.17) is 35.4 Å². The molecule has 25 heavy (non-hydrogen) atoms. The molecular formula is C14H11Cl2N5OS3. The van der Waals surface area contributed by atoms with Crippen molar-refractivity contribution in [1.29, 1.82) is 0 Å². The second kappa shape index (κ2) is 7.46. The Labute approximate surface area is 166 Å². The third kappa shape index (κ3) is 3.75. The molecule has 2 heterocycles. The third-order valence-corrected chi connectivity index (χ3v) is 5.93. The maximum Gasteiger partial charge on any atom is 0.269 e. The molecule has 0 aliphatic rings. The van der Waals surface area contributed by atoms with Crippen LogP contribution in [0.25, 0.3) is 10.1 Å². The monoisotopic (exact) mass is 431 g/mol. The average Bonchev–Trinajstić information content (AvgIpc) is 3.08. The van der Waals surface area contributed by atoms with Gasteiger partial charge in [0.2, 0.25) is 5.16 Å². The number of fused-ring (bicyclic) bond motifs is 1. The highest BCUT2D eigenvalue weighted by molar-refractivity contribution is 7.98. The predicted octanol–water partition coefficient (Wildman–Crippen LogP) is 4.09. The highest BCUT2D eigenvalue weighted by Gasteiger charge is 2.19. The summed E-state index contributed by atoms with van der Waals surface area (Å²) in [6.07, 6.45) is 1.87. The van der Waals surface area contributed by atoms with Crippen LogP contribution in [0.3, 0.4) is 0 Å². The van der Waals surface area contributed by atoms with Gasteiger partial charge in [0.05, 0.1) is 5.02 Å². The van der Waals surface area contributed by atoms with Gasteiger partial charge in [0.1, 0.15) is 10.7 Å². The minimum Gasteiger partial charge on any atom is -0.297 e. The van der Waals surface area contributed by atoms with Crippen LogP contribution < -0.4 is 10.7 Å². The van der Waals surface area contributed by atoms with E-state index in [-0.39, 0.29) is 5.11 Å². The first-order valence-electron chi connectivity index (χ1n) is 6.86. The number of amides is 1. The number of thiophene rings is 1. The molecule has 0 saturated heterocycles. The number of halogens is 2. The highest BCUT2D eigenvalue weighted by Crippen LogP contribution is 2.36. The van der Waals surface area contributed by atoms with Crippen molar-refractivity contribution in [3.63, 3.8) is 0 Å². The van der Waals surface area contributed by atoms with Gasteiger partial charge in [-0.15, -0.1) is 21.5 Å². The Morgan fingerprint density at radius 1 is 1.36 bits per heavy atom. The molecule has 1 amide bonds. The van der Waals surface area contributed by atoms with Crippen LogP contribution in [0.15, 0.2) is 23.4 Å². The van der Waals surface area contributed by atoms with Crippen LogP contribution in [0.2, 0.25) is 10.0 Å². The molecule has 3 rings (SSSR count). The van der Waals surface area contributed by atoms with Gasteiger partial charge >= 0.3 is 0 Å². The fraction of sp³-hybridized carbons (Fsp3) is 0.143. The van der Waals surface area contributed by atoms with Gasteiger partial charge in [0.15, 0.2) is 5.11 Å². The van der Waals surface area contributed by atoms with Gasteiger partial charge in [-0.25, -0.2) is 4.68 Å². The van der Waals surface area contributed by atoms with E-state index in [1.54, 1.807) is 29.8 Å². The van der Waals surface area contributed by atoms with Crippen molar-refractivity contribution in [2.24, 2.45) is 0 Å². The van der Waals surface area contributed by atoms with Crippen molar-refractivity contribution in [2.75, 3.05) is 11.7 Å². The Morgan fingerprint density at radius 3 is 2.84 bits per heavy atom. The van der Waals surface area contributed by atoms with Crippen LogP contribution in [-0.4, -0.2) is 32.1 Å². The van der Waals surface area contributed by atoms with Crippen molar-refractivity contribution < 1.29 is 4.79 Å². The summed E-state index contributed by atoms with van der Waals surface area (Å²) in [6, 6.07) is 5.29. The molecule has 0 bridgehead atoms. The van der Waals surface area contributed by atoms with Crippen LogP contribution >= 0.6 is 58.5 Å². The molecule has 0 atom stereocenters. The summed E-state index contributed by atoms with van der Waals surface area (Å²) in [6.45, 7) is 1.77. The number of aromatic nitrogens is 3. The lowest BCUT2D eigenvalue weighted by molar-refractivity contribution is 0.0981. The van der Waals surface area contributed by atoms with Crippen molar-refractivity contribution in [2.45, 2.75) is 12.1 Å². The number of hydrogen-bond acceptors (Lipinski definition) is 6. The molecule has 2 N–H and O–H groups in total. The number of carbonyl (C=O) groups excluding carboxylic acids is 1. The van der Waals surface area contributed by atoms with E-state index in [1.807, 2.05) is 6.26 Å². The number of benzene rings is 1. The van der Waals surface area contributed by atoms with E-state index in [0.717, 1.165) is 10.1 Å². The van der Waals surface area contributed by atoms with Crippen LogP contribution in [0.4, 0.5) is 0 Å². The molecule has 6 nitrogen and oxygen atoms in total. The number of carbonyl (C=O) groups is 1. The summed E-state index contributed by atoms with van der Waals surface area (Å²) in [5, 5.41) is 13.0. The summed E-state index contributed by atoms with van der Waals surface area (Å²) < 4.78 is 2.43. The maximum absolute atomic E-state index is 12.5. The zero-order valence-electron chi connectivity index (χ0n) is 13.0. The normalized spacial score (nSPS) is 10.9. The second-order valence-corrected chi connectivity index (χ2v) is 7.90. The number of thiocarbonyl (C=S) groups is 1. The Morgan fingerprint density at radius 2 is 2.12 bits per heavy atom. The van der Waals surface area contributed by atoms with E-state index in [9.17, 15) is 4.79 Å². The molecule has 0 spiro atoms. The van der Waals surface area contributed by atoms with E-state index < -0.39 is 5.91 Å². The zero-order chi connectivity index (χ0) is 18.1. The number of thioether (sulfide) groups is 1. The second-order valence-electron chi connectivity index (χ2n) is 4.85. The molecule has 130 valence electrons. The standard InChI is InChI=1S/C14H11Cl2N5OS3/c1-6-18-19-14(24-2)21(6)20-13(23)17-12(22)11-10(16)8-4-3-7(15)5-9(8)25-11/h3-5H,1-2H3,(H2,17,20,22,23). The lowest BCUT2D eigenvalue weighted by Gasteiger charge is -2.12. The van der Waals surface area contributed by atoms with Gasteiger partial charge in [-0.1, -0.05) is 41.0 Å². The Kier molecular flexibility index (Phi) is 5.49. The molecule has 0 fully saturated rings. The Hall–Kier alpha value is -1.39. The quantitative estimate of drug-likeness (QED) is 0.480. The first-order valence-corrected chi connectivity index (χ1v) is 10.1. The van der Waals surface area contributed by atoms with Crippen molar-refractivity contribution in [1.82, 2.24) is 20.2 Å². The summed E-state index contributed by atoms with van der Waals surface area (Å²) in [7, 11) is 0. The average molecular weight is 432 g/mol. The Bertz CT molecular complexity index is 984. The molecule has 2 aromatic heterocycles. The summed E-state index contributed by atoms with van der Waals surface area (Å²) in [5.74, 6) is 0.228. The SMILES string of the molecule is CSc1nnc(C)n1NC(=S)NC(=O)c1sc2cc(Cl)ccc2c1Cl. The van der Waals surface area contributed by atoms with Crippen LogP contribution in [-0.2, 0) is 0 Å². The van der Waals surface area contributed by atoms with Gasteiger partial charge in [0, 0.05) is 15.1 Å². The first-order chi connectivity index (χ1) is 11.9. The lowest BCUT2D eigenvalue weighted by Crippen LogP contribution is -2.38. The minimum atomic E-state index is -0.392. The molecule has 0 radical (unpaired) electrons. The zero-order valence-corrected chi connectivity index (χ0v) is 16.9. The summed E-state index contributed by atoms with van der Waals surface area (Å²) >= 11 is 20.2. The van der Waals surface area contributed by atoms with Gasteiger partial charge in [0.25, 0.3) is 5.91 Å². The predicted molar refractivity (Wildman–Crippen MR) is 108 cm³/mol.